The fraction of sp³-hybridized carbons (Fsp3) is 0.280. The average Bonchev–Trinajstić information content (AvgIpc) is 2.88. The topological polar surface area (TPSA) is 113 Å². The standard InChI is InChI=1S/C25H25F3N8/c1-2-15-3-4-18(34-23-32-10-7-21(35-23)25(26,27)28)12-19(15)24(22-11-17(29)5-9-31-22)33-14-16-13-30-8-6-20(16)36-24/h3-5,7,9-12,14,30,36H,2,6,8,13H2,1H3,(H2,29,31)(H,32,34,35). The van der Waals surface area contributed by atoms with E-state index in [1.54, 1.807) is 24.4 Å². The molecule has 0 bridgehead atoms. The lowest BCUT2D eigenvalue weighted by molar-refractivity contribution is -0.141. The summed E-state index contributed by atoms with van der Waals surface area (Å²) in [4.78, 5) is 17.2. The maximum Gasteiger partial charge on any atom is 0.433 e. The molecule has 1 unspecified atom stereocenters. The van der Waals surface area contributed by atoms with Crippen LogP contribution >= 0.6 is 0 Å². The molecule has 0 amide bonds. The Bertz CT molecular complexity index is 1350. The van der Waals surface area contributed by atoms with E-state index in [-0.39, 0.29) is 5.95 Å². The summed E-state index contributed by atoms with van der Waals surface area (Å²) < 4.78 is 39.5. The van der Waals surface area contributed by atoms with E-state index in [2.05, 4.69) is 30.9 Å². The summed E-state index contributed by atoms with van der Waals surface area (Å²) in [5.41, 5.74) is 9.67. The smallest absolute Gasteiger partial charge is 0.399 e. The zero-order valence-electron chi connectivity index (χ0n) is 19.5. The summed E-state index contributed by atoms with van der Waals surface area (Å²) in [7, 11) is 0. The van der Waals surface area contributed by atoms with Gasteiger partial charge in [0.05, 0.1) is 5.69 Å². The molecule has 0 aliphatic carbocycles. The molecule has 1 atom stereocenters. The van der Waals surface area contributed by atoms with Crippen LogP contribution in [0.2, 0.25) is 0 Å². The van der Waals surface area contributed by atoms with Gasteiger partial charge in [-0.05, 0) is 42.3 Å². The fourth-order valence-electron chi connectivity index (χ4n) is 4.45. The minimum absolute atomic E-state index is 0.153. The van der Waals surface area contributed by atoms with Gasteiger partial charge < -0.3 is 21.7 Å². The molecular formula is C25H25F3N8. The highest BCUT2D eigenvalue weighted by atomic mass is 19.4. The summed E-state index contributed by atoms with van der Waals surface area (Å²) >= 11 is 0. The maximum absolute atomic E-state index is 13.2. The number of alkyl halides is 3. The molecule has 2 aromatic heterocycles. The first-order valence-corrected chi connectivity index (χ1v) is 11.6. The van der Waals surface area contributed by atoms with Crippen LogP contribution < -0.4 is 21.7 Å². The van der Waals surface area contributed by atoms with Gasteiger partial charge in [0.2, 0.25) is 5.95 Å². The molecule has 0 spiro atoms. The van der Waals surface area contributed by atoms with Crippen LogP contribution in [0, 0.1) is 0 Å². The number of halogens is 3. The van der Waals surface area contributed by atoms with Crippen LogP contribution in [0.15, 0.2) is 65.1 Å². The number of nitrogens with zero attached hydrogens (tertiary/aromatic N) is 4. The lowest BCUT2D eigenvalue weighted by atomic mass is 9.87. The van der Waals surface area contributed by atoms with Gasteiger partial charge in [-0.2, -0.15) is 13.2 Å². The van der Waals surface area contributed by atoms with Crippen LogP contribution in [-0.4, -0.2) is 34.3 Å². The number of nitrogens with one attached hydrogen (secondary N) is 3. The van der Waals surface area contributed by atoms with E-state index in [0.717, 1.165) is 47.6 Å². The quantitative estimate of drug-likeness (QED) is 0.426. The highest BCUT2D eigenvalue weighted by Gasteiger charge is 2.40. The van der Waals surface area contributed by atoms with Crippen molar-refractivity contribution in [1.29, 1.82) is 0 Å². The second kappa shape index (κ2) is 9.23. The molecule has 0 radical (unpaired) electrons. The van der Waals surface area contributed by atoms with E-state index in [0.29, 0.717) is 30.0 Å². The van der Waals surface area contributed by atoms with Crippen molar-refractivity contribution >= 4 is 23.5 Å². The number of nitrogens with two attached hydrogens (primary N) is 1. The van der Waals surface area contributed by atoms with Crippen molar-refractivity contribution in [2.24, 2.45) is 4.99 Å². The molecule has 2 aliphatic rings. The van der Waals surface area contributed by atoms with Crippen LogP contribution in [0.5, 0.6) is 0 Å². The second-order valence-corrected chi connectivity index (χ2v) is 8.61. The zero-order valence-corrected chi connectivity index (χ0v) is 19.5. The number of aliphatic imine (C=N–C) groups is 1. The first-order valence-electron chi connectivity index (χ1n) is 11.6. The predicted molar refractivity (Wildman–Crippen MR) is 132 cm³/mol. The molecule has 0 saturated carbocycles. The Morgan fingerprint density at radius 3 is 2.72 bits per heavy atom. The van der Waals surface area contributed by atoms with E-state index < -0.39 is 17.5 Å². The van der Waals surface area contributed by atoms with Gasteiger partial charge in [0.1, 0.15) is 5.69 Å². The van der Waals surface area contributed by atoms with Gasteiger partial charge in [-0.25, -0.2) is 9.97 Å². The summed E-state index contributed by atoms with van der Waals surface area (Å²) in [5, 5.41) is 9.90. The number of anilines is 3. The van der Waals surface area contributed by atoms with Crippen molar-refractivity contribution in [2.45, 2.75) is 31.6 Å². The minimum Gasteiger partial charge on any atom is -0.399 e. The SMILES string of the molecule is CCc1ccc(Nc2nccc(C(F)(F)F)n2)cc1C1(c2cc(N)ccn2)N=CC2=C(CCNC2)N1. The van der Waals surface area contributed by atoms with Crippen LogP contribution in [-0.2, 0) is 18.3 Å². The van der Waals surface area contributed by atoms with Crippen LogP contribution in [0.1, 0.15) is 35.9 Å². The highest BCUT2D eigenvalue weighted by molar-refractivity contribution is 5.83. The molecule has 1 aromatic carbocycles. The Labute approximate surface area is 206 Å². The largest absolute Gasteiger partial charge is 0.433 e. The number of nitrogen functional groups attached to an aromatic ring is 1. The molecular weight excluding hydrogens is 469 g/mol. The molecule has 11 heteroatoms. The van der Waals surface area contributed by atoms with Gasteiger partial charge in [-0.1, -0.05) is 13.0 Å². The Balaban J connectivity index is 1.61. The predicted octanol–water partition coefficient (Wildman–Crippen LogP) is 3.90. The van der Waals surface area contributed by atoms with Crippen molar-refractivity contribution in [3.05, 3.63) is 82.6 Å². The van der Waals surface area contributed by atoms with Crippen molar-refractivity contribution in [3.63, 3.8) is 0 Å². The molecule has 2 aliphatic heterocycles. The number of rotatable bonds is 5. The van der Waals surface area contributed by atoms with Gasteiger partial charge in [0.15, 0.2) is 5.66 Å². The van der Waals surface area contributed by atoms with Crippen molar-refractivity contribution in [3.8, 4) is 0 Å². The Kier molecular flexibility index (Phi) is 6.09. The number of aromatic nitrogens is 3. The maximum atomic E-state index is 13.2. The number of hydrogen-bond acceptors (Lipinski definition) is 8. The van der Waals surface area contributed by atoms with Crippen LogP contribution in [0.3, 0.4) is 0 Å². The van der Waals surface area contributed by atoms with Gasteiger partial charge in [-0.3, -0.25) is 9.98 Å². The third-order valence-electron chi connectivity index (χ3n) is 6.24. The second-order valence-electron chi connectivity index (χ2n) is 8.61. The van der Waals surface area contributed by atoms with E-state index in [1.165, 1.54) is 0 Å². The summed E-state index contributed by atoms with van der Waals surface area (Å²) in [6.07, 6.45) is 1.50. The van der Waals surface area contributed by atoms with Crippen molar-refractivity contribution in [2.75, 3.05) is 24.1 Å². The molecule has 3 aromatic rings. The molecule has 4 heterocycles. The van der Waals surface area contributed by atoms with Gasteiger partial charge in [0.25, 0.3) is 0 Å². The van der Waals surface area contributed by atoms with Crippen LogP contribution in [0.4, 0.5) is 30.5 Å². The third kappa shape index (κ3) is 4.49. The van der Waals surface area contributed by atoms with Crippen molar-refractivity contribution < 1.29 is 13.2 Å². The Morgan fingerprint density at radius 1 is 1.11 bits per heavy atom. The molecule has 8 nitrogen and oxygen atoms in total. The summed E-state index contributed by atoms with van der Waals surface area (Å²) in [6, 6.07) is 9.89. The molecule has 36 heavy (non-hydrogen) atoms. The van der Waals surface area contributed by atoms with Gasteiger partial charge in [0, 0.05) is 66.3 Å². The van der Waals surface area contributed by atoms with E-state index in [4.69, 9.17) is 10.7 Å². The van der Waals surface area contributed by atoms with E-state index >= 15 is 0 Å². The Hall–Kier alpha value is -3.99. The van der Waals surface area contributed by atoms with Crippen molar-refractivity contribution in [1.82, 2.24) is 25.6 Å². The van der Waals surface area contributed by atoms with E-state index in [1.807, 2.05) is 25.3 Å². The summed E-state index contributed by atoms with van der Waals surface area (Å²) in [6.45, 7) is 3.57. The minimum atomic E-state index is -4.57. The fourth-order valence-corrected chi connectivity index (χ4v) is 4.45. The number of pyridine rings is 1. The third-order valence-corrected chi connectivity index (χ3v) is 6.24. The average molecular weight is 495 g/mol. The first-order chi connectivity index (χ1) is 17.3. The zero-order chi connectivity index (χ0) is 25.3. The van der Waals surface area contributed by atoms with Gasteiger partial charge >= 0.3 is 6.18 Å². The lowest BCUT2D eigenvalue weighted by Gasteiger charge is -2.39. The summed E-state index contributed by atoms with van der Waals surface area (Å²) in [5.74, 6) is -0.153. The monoisotopic (exact) mass is 494 g/mol. The highest BCUT2D eigenvalue weighted by Crippen LogP contribution is 2.39. The molecule has 0 saturated heterocycles. The number of benzene rings is 1. The molecule has 5 rings (SSSR count). The normalized spacial score (nSPS) is 19.6. The van der Waals surface area contributed by atoms with Crippen LogP contribution in [0.25, 0.3) is 0 Å². The first kappa shape index (κ1) is 23.7. The Morgan fingerprint density at radius 2 is 1.94 bits per heavy atom. The number of aryl methyl sites for hydroxylation is 1. The lowest BCUT2D eigenvalue weighted by Crippen LogP contribution is -2.48. The molecule has 5 N–H and O–H groups in total. The number of hydrogen-bond donors (Lipinski definition) is 4. The van der Waals surface area contributed by atoms with Gasteiger partial charge in [-0.15, -0.1) is 0 Å². The van der Waals surface area contributed by atoms with E-state index in [9.17, 15) is 13.2 Å². The molecule has 0 fully saturated rings. The molecule has 186 valence electrons.